The fourth-order valence-electron chi connectivity index (χ4n) is 4.90. The first-order valence-electron chi connectivity index (χ1n) is 11.8. The van der Waals surface area contributed by atoms with Crippen LogP contribution in [0.2, 0.25) is 0 Å². The molecule has 2 saturated carbocycles. The molecule has 9 nitrogen and oxygen atoms in total. The van der Waals surface area contributed by atoms with E-state index >= 15 is 0 Å². The van der Waals surface area contributed by atoms with Crippen LogP contribution in [-0.4, -0.2) is 59.9 Å². The third-order valence-electron chi connectivity index (χ3n) is 7.14. The van der Waals surface area contributed by atoms with E-state index in [0.717, 1.165) is 51.4 Å². The van der Waals surface area contributed by atoms with Crippen molar-refractivity contribution in [2.45, 2.75) is 63.5 Å². The third-order valence-corrected chi connectivity index (χ3v) is 7.14. The molecule has 3 N–H and O–H groups in total. The summed E-state index contributed by atoms with van der Waals surface area (Å²) in [4.78, 5) is 40.6. The summed E-state index contributed by atoms with van der Waals surface area (Å²) in [5, 5.41) is 14.8. The van der Waals surface area contributed by atoms with E-state index in [4.69, 9.17) is 5.73 Å². The molecule has 0 atom stereocenters. The predicted molar refractivity (Wildman–Crippen MR) is 122 cm³/mol. The molecule has 32 heavy (non-hydrogen) atoms. The largest absolute Gasteiger partial charge is 0.364 e. The molecule has 1 heterocycles. The quantitative estimate of drug-likeness (QED) is 0.532. The van der Waals surface area contributed by atoms with E-state index in [9.17, 15) is 19.7 Å². The number of nitrogens with one attached hydrogen (secondary N) is 1. The van der Waals surface area contributed by atoms with Crippen LogP contribution in [0.4, 0.5) is 11.4 Å². The van der Waals surface area contributed by atoms with Crippen molar-refractivity contribution < 1.29 is 14.5 Å². The molecule has 4 rings (SSSR count). The van der Waals surface area contributed by atoms with Crippen LogP contribution in [0.15, 0.2) is 18.2 Å². The van der Waals surface area contributed by atoms with Gasteiger partial charge in [0.25, 0.3) is 11.6 Å². The van der Waals surface area contributed by atoms with Gasteiger partial charge in [-0.3, -0.25) is 19.7 Å². The van der Waals surface area contributed by atoms with Gasteiger partial charge in [-0.25, -0.2) is 0 Å². The first-order chi connectivity index (χ1) is 15.4. The van der Waals surface area contributed by atoms with Crippen LogP contribution >= 0.6 is 0 Å². The van der Waals surface area contributed by atoms with Gasteiger partial charge in [0.2, 0.25) is 5.91 Å². The number of carbonyl (C=O) groups excluding carboxylic acids is 2. The maximum absolute atomic E-state index is 12.7. The minimum Gasteiger partial charge on any atom is -0.364 e. The van der Waals surface area contributed by atoms with Gasteiger partial charge in [0.15, 0.2) is 0 Å². The van der Waals surface area contributed by atoms with E-state index in [1.165, 1.54) is 6.07 Å². The number of benzene rings is 1. The molecule has 2 aliphatic carbocycles. The maximum Gasteiger partial charge on any atom is 0.293 e. The lowest BCUT2D eigenvalue weighted by Gasteiger charge is -2.31. The van der Waals surface area contributed by atoms with Crippen molar-refractivity contribution in [3.05, 3.63) is 33.9 Å². The lowest BCUT2D eigenvalue weighted by molar-refractivity contribution is -0.384. The Hall–Kier alpha value is -2.68. The molecule has 0 bridgehead atoms. The monoisotopic (exact) mass is 443 g/mol. The van der Waals surface area contributed by atoms with Gasteiger partial charge in [0.1, 0.15) is 5.69 Å². The second-order valence-corrected chi connectivity index (χ2v) is 9.34. The molecular formula is C23H33N5O4. The lowest BCUT2D eigenvalue weighted by Crippen LogP contribution is -2.41. The third kappa shape index (κ3) is 5.03. The minimum absolute atomic E-state index is 0.0610. The van der Waals surface area contributed by atoms with Gasteiger partial charge in [0.05, 0.1) is 4.92 Å². The van der Waals surface area contributed by atoms with Crippen molar-refractivity contribution in [2.75, 3.05) is 31.1 Å². The molecule has 1 aliphatic heterocycles. The van der Waals surface area contributed by atoms with Crippen LogP contribution < -0.4 is 16.0 Å². The predicted octanol–water partition coefficient (Wildman–Crippen LogP) is 2.43. The number of carbonyl (C=O) groups is 2. The van der Waals surface area contributed by atoms with Gasteiger partial charge < -0.3 is 20.9 Å². The van der Waals surface area contributed by atoms with Gasteiger partial charge in [-0.2, -0.15) is 0 Å². The highest BCUT2D eigenvalue weighted by molar-refractivity contribution is 5.96. The fraction of sp³-hybridized carbons (Fsp3) is 0.652. The van der Waals surface area contributed by atoms with Crippen LogP contribution in [-0.2, 0) is 4.79 Å². The summed E-state index contributed by atoms with van der Waals surface area (Å²) in [6, 6.07) is 4.96. The molecule has 0 unspecified atom stereocenters. The molecule has 174 valence electrons. The highest BCUT2D eigenvalue weighted by atomic mass is 16.6. The van der Waals surface area contributed by atoms with Crippen molar-refractivity contribution in [2.24, 2.45) is 11.7 Å². The molecule has 1 aromatic carbocycles. The Morgan fingerprint density at radius 3 is 2.41 bits per heavy atom. The first-order valence-corrected chi connectivity index (χ1v) is 11.8. The summed E-state index contributed by atoms with van der Waals surface area (Å²) < 4.78 is 0. The smallest absolute Gasteiger partial charge is 0.293 e. The van der Waals surface area contributed by atoms with E-state index < -0.39 is 4.92 Å². The number of amides is 2. The summed E-state index contributed by atoms with van der Waals surface area (Å²) in [7, 11) is 0. The normalized spacial score (nSPS) is 24.4. The summed E-state index contributed by atoms with van der Waals surface area (Å²) in [5.74, 6) is 0.102. The molecule has 1 aromatic rings. The average Bonchev–Trinajstić information content (AvgIpc) is 3.00. The van der Waals surface area contributed by atoms with E-state index in [0.29, 0.717) is 37.4 Å². The fourth-order valence-corrected chi connectivity index (χ4v) is 4.90. The van der Waals surface area contributed by atoms with Crippen molar-refractivity contribution in [1.29, 1.82) is 0 Å². The Balaban J connectivity index is 1.44. The molecule has 3 fully saturated rings. The molecule has 0 aromatic heterocycles. The van der Waals surface area contributed by atoms with Crippen molar-refractivity contribution in [1.82, 2.24) is 10.2 Å². The van der Waals surface area contributed by atoms with E-state index in [1.807, 2.05) is 9.80 Å². The van der Waals surface area contributed by atoms with Gasteiger partial charge in [0, 0.05) is 55.8 Å². The molecule has 0 spiro atoms. The molecule has 3 aliphatic rings. The van der Waals surface area contributed by atoms with Gasteiger partial charge in [-0.15, -0.1) is 0 Å². The zero-order chi connectivity index (χ0) is 22.7. The molecular weight excluding hydrogens is 410 g/mol. The number of rotatable bonds is 5. The van der Waals surface area contributed by atoms with Gasteiger partial charge >= 0.3 is 0 Å². The number of nitrogens with zero attached hydrogens (tertiary/aromatic N) is 3. The van der Waals surface area contributed by atoms with Crippen LogP contribution in [0.3, 0.4) is 0 Å². The van der Waals surface area contributed by atoms with Crippen molar-refractivity contribution >= 4 is 23.2 Å². The minimum atomic E-state index is -0.423. The molecule has 9 heteroatoms. The van der Waals surface area contributed by atoms with Crippen LogP contribution in [0.5, 0.6) is 0 Å². The van der Waals surface area contributed by atoms with Gasteiger partial charge in [-0.1, -0.05) is 6.42 Å². The van der Waals surface area contributed by atoms with Crippen LogP contribution in [0, 0.1) is 16.0 Å². The van der Waals surface area contributed by atoms with Crippen LogP contribution in [0.25, 0.3) is 0 Å². The Morgan fingerprint density at radius 1 is 1.00 bits per heavy atom. The number of nitrogens with two attached hydrogens (primary N) is 1. The number of nitro groups is 1. The number of hydrogen-bond donors (Lipinski definition) is 2. The zero-order valence-corrected chi connectivity index (χ0v) is 18.5. The Bertz CT molecular complexity index is 864. The Labute approximate surface area is 188 Å². The summed E-state index contributed by atoms with van der Waals surface area (Å²) >= 11 is 0. The van der Waals surface area contributed by atoms with Crippen molar-refractivity contribution in [3.8, 4) is 0 Å². The lowest BCUT2D eigenvalue weighted by atomic mass is 9.84. The second-order valence-electron chi connectivity index (χ2n) is 9.34. The number of nitro benzene ring substituents is 1. The highest BCUT2D eigenvalue weighted by Crippen LogP contribution is 2.32. The number of hydrogen-bond acceptors (Lipinski definition) is 6. The van der Waals surface area contributed by atoms with E-state index in [1.54, 1.807) is 12.1 Å². The molecule has 1 saturated heterocycles. The topological polar surface area (TPSA) is 122 Å². The summed E-state index contributed by atoms with van der Waals surface area (Å²) in [6.07, 6.45) is 7.24. The van der Waals surface area contributed by atoms with Crippen molar-refractivity contribution in [3.63, 3.8) is 0 Å². The first kappa shape index (κ1) is 22.5. The Morgan fingerprint density at radius 2 is 1.75 bits per heavy atom. The average molecular weight is 444 g/mol. The second kappa shape index (κ2) is 9.85. The SMILES string of the molecule is NC1CCC(NC(=O)c2ccc(N3CCCN(C(=O)C4CCC4)CC3)c([N+](=O)[O-])c2)CC1. The zero-order valence-electron chi connectivity index (χ0n) is 18.5. The molecule has 0 radical (unpaired) electrons. The standard InChI is InChI=1S/C23H33N5O4/c24-18-6-8-19(9-7-18)25-22(29)17-5-10-20(21(15-17)28(31)32)26-11-2-12-27(14-13-26)23(30)16-3-1-4-16/h5,10,15-16,18-19H,1-4,6-9,11-14,24H2,(H,25,29). The van der Waals surface area contributed by atoms with Crippen LogP contribution in [0.1, 0.15) is 61.7 Å². The number of anilines is 1. The summed E-state index contributed by atoms with van der Waals surface area (Å²) in [6.45, 7) is 2.44. The van der Waals surface area contributed by atoms with E-state index in [-0.39, 0.29) is 35.5 Å². The maximum atomic E-state index is 12.7. The summed E-state index contributed by atoms with van der Waals surface area (Å²) in [5.41, 5.74) is 6.66. The van der Waals surface area contributed by atoms with Gasteiger partial charge in [-0.05, 0) is 57.1 Å². The molecule has 2 amide bonds. The van der Waals surface area contributed by atoms with E-state index in [2.05, 4.69) is 5.32 Å². The highest BCUT2D eigenvalue weighted by Gasteiger charge is 2.31. The Kier molecular flexibility index (Phi) is 6.93.